The van der Waals surface area contributed by atoms with Gasteiger partial charge in [0.05, 0.1) is 5.69 Å². The summed E-state index contributed by atoms with van der Waals surface area (Å²) >= 11 is 0. The summed E-state index contributed by atoms with van der Waals surface area (Å²) in [6, 6.07) is 4.05. The summed E-state index contributed by atoms with van der Waals surface area (Å²) < 4.78 is 22.3. The van der Waals surface area contributed by atoms with Crippen LogP contribution in [0.2, 0.25) is 0 Å². The third-order valence-corrected chi connectivity index (χ3v) is 5.23. The fraction of sp³-hybridized carbons (Fsp3) is 0.381. The highest BCUT2D eigenvalue weighted by Gasteiger charge is 2.33. The molecule has 0 radical (unpaired) electrons. The molecule has 0 aliphatic carbocycles. The molecule has 168 valence electrons. The Kier molecular flexibility index (Phi) is 5.51. The third-order valence-electron chi connectivity index (χ3n) is 5.23. The molecule has 32 heavy (non-hydrogen) atoms. The zero-order chi connectivity index (χ0) is 23.0. The number of hydrogen-bond donors (Lipinski definition) is 2. The van der Waals surface area contributed by atoms with Gasteiger partial charge in [0.15, 0.2) is 5.69 Å². The van der Waals surface area contributed by atoms with E-state index in [4.69, 9.17) is 4.74 Å². The lowest BCUT2D eigenvalue weighted by Gasteiger charge is -2.24. The number of carbonyl (C=O) groups excluding carboxylic acids is 1. The van der Waals surface area contributed by atoms with Crippen molar-refractivity contribution in [2.24, 2.45) is 0 Å². The molecule has 2 N–H and O–H groups in total. The van der Waals surface area contributed by atoms with Crippen LogP contribution >= 0.6 is 0 Å². The van der Waals surface area contributed by atoms with Crippen LogP contribution in [0.5, 0.6) is 5.75 Å². The first-order valence-electron chi connectivity index (χ1n) is 10.1. The predicted octanol–water partition coefficient (Wildman–Crippen LogP) is 1.56. The lowest BCUT2D eigenvalue weighted by atomic mass is 10.1. The highest BCUT2D eigenvalue weighted by atomic mass is 19.1. The predicted molar refractivity (Wildman–Crippen MR) is 111 cm³/mol. The Hall–Kier alpha value is -3.60. The third kappa shape index (κ3) is 3.98. The van der Waals surface area contributed by atoms with Gasteiger partial charge < -0.3 is 15.2 Å². The topological polar surface area (TPSA) is 124 Å². The number of ether oxygens (including phenoxy) is 1. The number of amides is 1. The van der Waals surface area contributed by atoms with E-state index < -0.39 is 28.6 Å². The van der Waals surface area contributed by atoms with E-state index in [2.05, 4.69) is 20.4 Å². The van der Waals surface area contributed by atoms with Crippen molar-refractivity contribution in [2.75, 3.05) is 6.61 Å². The normalized spacial score (nSPS) is 15.1. The summed E-state index contributed by atoms with van der Waals surface area (Å²) in [6.45, 7) is 5.94. The van der Waals surface area contributed by atoms with Crippen LogP contribution in [0.25, 0.3) is 5.69 Å². The zero-order valence-electron chi connectivity index (χ0n) is 17.9. The molecule has 3 heterocycles. The summed E-state index contributed by atoms with van der Waals surface area (Å²) in [5, 5.41) is 17.2. The fourth-order valence-corrected chi connectivity index (χ4v) is 3.61. The van der Waals surface area contributed by atoms with Crippen molar-refractivity contribution >= 4 is 5.91 Å². The van der Waals surface area contributed by atoms with Crippen molar-refractivity contribution in [1.82, 2.24) is 29.6 Å². The molecule has 2 aromatic heterocycles. The molecule has 1 aliphatic rings. The van der Waals surface area contributed by atoms with Crippen LogP contribution in [-0.2, 0) is 23.4 Å². The first-order chi connectivity index (χ1) is 15.2. The van der Waals surface area contributed by atoms with Gasteiger partial charge in [-0.15, -0.1) is 0 Å². The number of aromatic hydroxyl groups is 1. The standard InChI is InChI=1S/C21H23FN6O4/c1-12-24-11-28(26-12)15-9-14(22)6-5-13(15)10-23-18(30)16-17(29)19(31)27-7-4-8-32-21(2,3)20(27)25-16/h5-6,9,11,29H,4,7-8,10H2,1-3H3,(H,23,30). The van der Waals surface area contributed by atoms with Crippen molar-refractivity contribution in [3.8, 4) is 11.4 Å². The first kappa shape index (κ1) is 21.6. The van der Waals surface area contributed by atoms with E-state index in [9.17, 15) is 19.1 Å². The molecule has 0 bridgehead atoms. The average Bonchev–Trinajstić information content (AvgIpc) is 3.12. The Morgan fingerprint density at radius 3 is 2.88 bits per heavy atom. The van der Waals surface area contributed by atoms with Crippen molar-refractivity contribution in [3.05, 3.63) is 63.6 Å². The number of rotatable bonds is 4. The van der Waals surface area contributed by atoms with E-state index in [1.54, 1.807) is 20.8 Å². The number of aryl methyl sites for hydroxylation is 1. The molecule has 0 saturated heterocycles. The van der Waals surface area contributed by atoms with E-state index in [-0.39, 0.29) is 18.1 Å². The molecule has 0 atom stereocenters. The van der Waals surface area contributed by atoms with E-state index in [0.29, 0.717) is 36.6 Å². The number of hydrogen-bond acceptors (Lipinski definition) is 7. The van der Waals surface area contributed by atoms with E-state index in [1.165, 1.54) is 33.8 Å². The van der Waals surface area contributed by atoms with Crippen LogP contribution in [0.1, 0.15) is 48.0 Å². The highest BCUT2D eigenvalue weighted by molar-refractivity contribution is 5.94. The van der Waals surface area contributed by atoms with E-state index in [1.807, 2.05) is 0 Å². The Labute approximate surface area is 182 Å². The maximum Gasteiger partial charge on any atom is 0.296 e. The number of nitrogens with one attached hydrogen (secondary N) is 1. The van der Waals surface area contributed by atoms with Crippen LogP contribution in [0.4, 0.5) is 4.39 Å². The van der Waals surface area contributed by atoms with Gasteiger partial charge in [-0.3, -0.25) is 14.2 Å². The molecule has 0 unspecified atom stereocenters. The lowest BCUT2D eigenvalue weighted by Crippen LogP contribution is -2.35. The van der Waals surface area contributed by atoms with Crippen molar-refractivity contribution in [3.63, 3.8) is 0 Å². The maximum absolute atomic E-state index is 13.8. The molecule has 10 nitrogen and oxygen atoms in total. The lowest BCUT2D eigenvalue weighted by molar-refractivity contribution is -0.0227. The molecular weight excluding hydrogens is 419 g/mol. The minimum absolute atomic E-state index is 0.0210. The van der Waals surface area contributed by atoms with Crippen LogP contribution in [0.15, 0.2) is 29.3 Å². The fourth-order valence-electron chi connectivity index (χ4n) is 3.61. The number of carbonyl (C=O) groups is 1. The van der Waals surface area contributed by atoms with Gasteiger partial charge >= 0.3 is 0 Å². The van der Waals surface area contributed by atoms with Crippen molar-refractivity contribution < 1.29 is 19.0 Å². The number of halogens is 1. The molecule has 4 rings (SSSR count). The molecule has 1 amide bonds. The summed E-state index contributed by atoms with van der Waals surface area (Å²) in [5.41, 5.74) is -1.04. The zero-order valence-corrected chi connectivity index (χ0v) is 17.9. The molecular formula is C21H23FN6O4. The quantitative estimate of drug-likeness (QED) is 0.628. The van der Waals surface area contributed by atoms with Gasteiger partial charge in [0.1, 0.15) is 29.4 Å². The van der Waals surface area contributed by atoms with E-state index >= 15 is 0 Å². The van der Waals surface area contributed by atoms with Gasteiger partial charge in [-0.25, -0.2) is 19.0 Å². The minimum atomic E-state index is -0.909. The first-order valence-corrected chi connectivity index (χ1v) is 10.1. The Morgan fingerprint density at radius 2 is 2.16 bits per heavy atom. The van der Waals surface area contributed by atoms with Gasteiger partial charge in [-0.1, -0.05) is 6.07 Å². The van der Waals surface area contributed by atoms with Gasteiger partial charge in [-0.2, -0.15) is 5.10 Å². The second-order valence-corrected chi connectivity index (χ2v) is 7.99. The SMILES string of the molecule is Cc1ncn(-c2cc(F)ccc2CNC(=O)c2nc3n(c(=O)c2O)CCCOC3(C)C)n1. The number of fused-ring (bicyclic) bond motifs is 1. The maximum atomic E-state index is 13.8. The van der Waals surface area contributed by atoms with Gasteiger partial charge in [0.25, 0.3) is 11.5 Å². The van der Waals surface area contributed by atoms with E-state index in [0.717, 1.165) is 0 Å². The van der Waals surface area contributed by atoms with Crippen LogP contribution in [0.3, 0.4) is 0 Å². The smallest absolute Gasteiger partial charge is 0.296 e. The molecule has 1 aromatic carbocycles. The Morgan fingerprint density at radius 1 is 1.38 bits per heavy atom. The second-order valence-electron chi connectivity index (χ2n) is 7.99. The summed E-state index contributed by atoms with van der Waals surface area (Å²) in [4.78, 5) is 33.9. The van der Waals surface area contributed by atoms with Gasteiger partial charge in [0.2, 0.25) is 5.75 Å². The van der Waals surface area contributed by atoms with Crippen LogP contribution in [-0.4, -0.2) is 41.9 Å². The second kappa shape index (κ2) is 8.15. The molecule has 11 heteroatoms. The van der Waals surface area contributed by atoms with Gasteiger partial charge in [-0.05, 0) is 44.9 Å². The van der Waals surface area contributed by atoms with Crippen LogP contribution in [0, 0.1) is 12.7 Å². The van der Waals surface area contributed by atoms with Crippen LogP contribution < -0.4 is 10.9 Å². The monoisotopic (exact) mass is 442 g/mol. The summed E-state index contributed by atoms with van der Waals surface area (Å²) in [5.74, 6) is -1.16. The molecule has 0 spiro atoms. The largest absolute Gasteiger partial charge is 0.501 e. The minimum Gasteiger partial charge on any atom is -0.501 e. The molecule has 1 aliphatic heterocycles. The highest BCUT2D eigenvalue weighted by Crippen LogP contribution is 2.27. The number of aromatic nitrogens is 5. The summed E-state index contributed by atoms with van der Waals surface area (Å²) in [6.07, 6.45) is 2.02. The summed E-state index contributed by atoms with van der Waals surface area (Å²) in [7, 11) is 0. The number of nitrogens with zero attached hydrogens (tertiary/aromatic N) is 5. The number of benzene rings is 1. The molecule has 0 saturated carbocycles. The van der Waals surface area contributed by atoms with Gasteiger partial charge in [0, 0.05) is 19.7 Å². The molecule has 0 fully saturated rings. The Bertz CT molecular complexity index is 1250. The average molecular weight is 442 g/mol. The Balaban J connectivity index is 1.65. The molecule has 3 aromatic rings. The van der Waals surface area contributed by atoms with Crippen molar-refractivity contribution in [2.45, 2.75) is 45.9 Å². The van der Waals surface area contributed by atoms with Crippen molar-refractivity contribution in [1.29, 1.82) is 0 Å².